The first-order chi connectivity index (χ1) is 26.4. The fourth-order valence-electron chi connectivity index (χ4n) is 5.63. The summed E-state index contributed by atoms with van der Waals surface area (Å²) < 4.78 is 33.3. The summed E-state index contributed by atoms with van der Waals surface area (Å²) in [6.45, 7) is 3.05. The van der Waals surface area contributed by atoms with Crippen LogP contribution in [0.5, 0.6) is 0 Å². The van der Waals surface area contributed by atoms with Gasteiger partial charge >= 0.3 is 19.8 Å². The maximum atomic E-state index is 12.7. The summed E-state index contributed by atoms with van der Waals surface area (Å²) in [5.41, 5.74) is 0. The van der Waals surface area contributed by atoms with Gasteiger partial charge in [0.2, 0.25) is 0 Å². The van der Waals surface area contributed by atoms with Gasteiger partial charge in [-0.05, 0) is 51.4 Å². The molecule has 0 bridgehead atoms. The van der Waals surface area contributed by atoms with Crippen LogP contribution in [0.15, 0.2) is 60.8 Å². The van der Waals surface area contributed by atoms with E-state index >= 15 is 0 Å². The maximum Gasteiger partial charge on any atom is 0.472 e. The summed E-state index contributed by atoms with van der Waals surface area (Å²) in [6.07, 6.45) is 23.1. The molecule has 14 heteroatoms. The Morgan fingerprint density at radius 3 is 1.78 bits per heavy atom. The summed E-state index contributed by atoms with van der Waals surface area (Å²) in [7, 11) is -5.13. The molecule has 316 valence electrons. The van der Waals surface area contributed by atoms with Crippen LogP contribution < -0.4 is 0 Å². The lowest BCUT2D eigenvalue weighted by molar-refractivity contribution is -0.220. The smallest absolute Gasteiger partial charge is 0.462 e. The van der Waals surface area contributed by atoms with E-state index in [4.69, 9.17) is 18.5 Å². The predicted molar refractivity (Wildman–Crippen MR) is 212 cm³/mol. The van der Waals surface area contributed by atoms with Gasteiger partial charge in [-0.3, -0.25) is 18.6 Å². The molecule has 0 spiro atoms. The molecule has 6 N–H and O–H groups in total. The zero-order valence-corrected chi connectivity index (χ0v) is 33.8. The minimum atomic E-state index is -5.13. The molecule has 0 amide bonds. The summed E-state index contributed by atoms with van der Waals surface area (Å²) >= 11 is 0. The molecular weight excluding hydrogens is 731 g/mol. The normalized spacial score (nSPS) is 23.7. The van der Waals surface area contributed by atoms with Crippen LogP contribution in [0, 0.1) is 0 Å². The third-order valence-corrected chi connectivity index (χ3v) is 9.90. The summed E-state index contributed by atoms with van der Waals surface area (Å²) in [5.74, 6) is -1.21. The quantitative estimate of drug-likeness (QED) is 0.0144. The van der Waals surface area contributed by atoms with E-state index in [9.17, 15) is 44.6 Å². The fourth-order valence-corrected chi connectivity index (χ4v) is 6.60. The topological polar surface area (TPSA) is 210 Å². The molecule has 0 aliphatic heterocycles. The van der Waals surface area contributed by atoms with Crippen LogP contribution in [0.3, 0.4) is 0 Å². The number of phosphoric acid groups is 1. The largest absolute Gasteiger partial charge is 0.472 e. The van der Waals surface area contributed by atoms with Crippen LogP contribution in [-0.4, -0.2) is 98.3 Å². The molecule has 0 aromatic heterocycles. The number of phosphoric ester groups is 1. The van der Waals surface area contributed by atoms with E-state index < -0.39 is 75.7 Å². The van der Waals surface area contributed by atoms with Gasteiger partial charge in [0, 0.05) is 12.8 Å². The molecule has 1 saturated carbocycles. The molecule has 0 heterocycles. The van der Waals surface area contributed by atoms with E-state index in [2.05, 4.69) is 38.2 Å². The Labute approximate surface area is 328 Å². The van der Waals surface area contributed by atoms with Gasteiger partial charge in [-0.1, -0.05) is 126 Å². The average molecular weight is 801 g/mol. The SMILES string of the molecule is CC/C=C/C=C/C=C/CCCCCCCC(=O)OCC(COP(=O)(O)OC1C(O)C(O)C(O)[C@@H](O)C1O)OC(=O)CC/C=C/C/C=C/CCCCCCCC. The van der Waals surface area contributed by atoms with Crippen molar-refractivity contribution >= 4 is 19.8 Å². The van der Waals surface area contributed by atoms with Gasteiger partial charge in [-0.25, -0.2) is 4.57 Å². The van der Waals surface area contributed by atoms with Gasteiger partial charge in [0.25, 0.3) is 0 Å². The second kappa shape index (κ2) is 31.6. The lowest BCUT2D eigenvalue weighted by Crippen LogP contribution is -2.64. The molecule has 0 saturated heterocycles. The molecule has 8 atom stereocenters. The second-order valence-electron chi connectivity index (χ2n) is 13.8. The molecule has 1 fully saturated rings. The first-order valence-corrected chi connectivity index (χ1v) is 21.6. The molecule has 55 heavy (non-hydrogen) atoms. The number of ether oxygens (including phenoxy) is 2. The van der Waals surface area contributed by atoms with Crippen LogP contribution in [0.25, 0.3) is 0 Å². The Morgan fingerprint density at radius 2 is 1.15 bits per heavy atom. The van der Waals surface area contributed by atoms with Crippen molar-refractivity contribution in [1.82, 2.24) is 0 Å². The first-order valence-electron chi connectivity index (χ1n) is 20.1. The molecule has 0 radical (unpaired) electrons. The van der Waals surface area contributed by atoms with Crippen molar-refractivity contribution in [2.45, 2.75) is 172 Å². The van der Waals surface area contributed by atoms with Gasteiger partial charge in [-0.15, -0.1) is 0 Å². The third kappa shape index (κ3) is 24.7. The number of allylic oxidation sites excluding steroid dienone is 10. The average Bonchev–Trinajstić information content (AvgIpc) is 3.16. The van der Waals surface area contributed by atoms with Crippen molar-refractivity contribution in [2.24, 2.45) is 0 Å². The number of carbonyl (C=O) groups is 2. The molecule has 1 aliphatic carbocycles. The van der Waals surface area contributed by atoms with Gasteiger partial charge in [0.1, 0.15) is 43.2 Å². The Hall–Kier alpha value is -2.45. The predicted octanol–water partition coefficient (Wildman–Crippen LogP) is 6.60. The van der Waals surface area contributed by atoms with E-state index in [0.29, 0.717) is 12.8 Å². The van der Waals surface area contributed by atoms with E-state index in [-0.39, 0.29) is 12.8 Å². The van der Waals surface area contributed by atoms with Gasteiger partial charge in [0.15, 0.2) is 6.10 Å². The Bertz CT molecular complexity index is 1200. The molecule has 7 unspecified atom stereocenters. The van der Waals surface area contributed by atoms with Crippen molar-refractivity contribution in [3.63, 3.8) is 0 Å². The highest BCUT2D eigenvalue weighted by atomic mass is 31.2. The highest BCUT2D eigenvalue weighted by Crippen LogP contribution is 2.47. The Morgan fingerprint density at radius 1 is 0.600 bits per heavy atom. The van der Waals surface area contributed by atoms with Crippen LogP contribution in [0.1, 0.15) is 129 Å². The number of rotatable bonds is 31. The number of esters is 2. The van der Waals surface area contributed by atoms with Crippen molar-refractivity contribution in [3.8, 4) is 0 Å². The number of aliphatic hydroxyl groups is 5. The number of carbonyl (C=O) groups excluding carboxylic acids is 2. The minimum Gasteiger partial charge on any atom is -0.462 e. The zero-order chi connectivity index (χ0) is 40.7. The number of aliphatic hydroxyl groups excluding tert-OH is 5. The van der Waals surface area contributed by atoms with Crippen molar-refractivity contribution in [1.29, 1.82) is 0 Å². The van der Waals surface area contributed by atoms with E-state index in [1.807, 2.05) is 36.5 Å². The first kappa shape index (κ1) is 50.6. The molecular formula is C41H69O13P. The molecule has 0 aromatic carbocycles. The number of hydrogen-bond donors (Lipinski definition) is 6. The van der Waals surface area contributed by atoms with E-state index in [1.165, 1.54) is 38.5 Å². The number of hydrogen-bond acceptors (Lipinski definition) is 12. The van der Waals surface area contributed by atoms with Crippen LogP contribution in [-0.2, 0) is 32.7 Å². The van der Waals surface area contributed by atoms with Crippen molar-refractivity contribution in [2.75, 3.05) is 13.2 Å². The van der Waals surface area contributed by atoms with Gasteiger partial charge in [0.05, 0.1) is 6.61 Å². The second-order valence-corrected chi connectivity index (χ2v) is 15.2. The lowest BCUT2D eigenvalue weighted by Gasteiger charge is -2.41. The maximum absolute atomic E-state index is 12.7. The monoisotopic (exact) mass is 800 g/mol. The Balaban J connectivity index is 2.59. The fraction of sp³-hybridized carbons (Fsp3) is 0.707. The Kier molecular flexibility index (Phi) is 29.1. The molecule has 13 nitrogen and oxygen atoms in total. The zero-order valence-electron chi connectivity index (χ0n) is 32.9. The highest BCUT2D eigenvalue weighted by Gasteiger charge is 2.51. The summed E-state index contributed by atoms with van der Waals surface area (Å²) in [5, 5.41) is 49.9. The third-order valence-electron chi connectivity index (χ3n) is 8.92. The van der Waals surface area contributed by atoms with Gasteiger partial charge in [-0.2, -0.15) is 0 Å². The van der Waals surface area contributed by atoms with Crippen molar-refractivity contribution in [3.05, 3.63) is 60.8 Å². The minimum absolute atomic E-state index is 0.0168. The van der Waals surface area contributed by atoms with Gasteiger partial charge < -0.3 is 39.9 Å². The molecule has 0 aromatic rings. The van der Waals surface area contributed by atoms with E-state index in [1.54, 1.807) is 0 Å². The van der Waals surface area contributed by atoms with E-state index in [0.717, 1.165) is 51.4 Å². The van der Waals surface area contributed by atoms with Crippen LogP contribution in [0.4, 0.5) is 0 Å². The molecule has 1 rings (SSSR count). The molecule has 1 aliphatic rings. The van der Waals surface area contributed by atoms with Crippen molar-refractivity contribution < 1.29 is 63.1 Å². The summed E-state index contributed by atoms with van der Waals surface area (Å²) in [6, 6.07) is 0. The summed E-state index contributed by atoms with van der Waals surface area (Å²) in [4.78, 5) is 35.4. The number of unbranched alkanes of at least 4 members (excludes halogenated alkanes) is 11. The van der Waals surface area contributed by atoms with Crippen LogP contribution in [0.2, 0.25) is 0 Å². The standard InChI is InChI=1S/C41H69O13P/c1-3-5-7-9-11-13-15-17-19-21-23-25-27-29-34(42)51-31-33(32-52-55(49,50)54-41-39(47)37(45)36(44)38(46)40(41)48)53-35(43)30-28-26-24-22-20-18-16-14-12-10-8-6-4-2/h5,7,9,11,13,15,18,20,24,26,33,36-41,44-48H,3-4,6,8,10,12,14,16-17,19,21-23,25,27-32H2,1-2H3,(H,49,50)/b7-5+,11-9+,15-13+,20-18+,26-24+/t33?,36?,37-,38?,39?,40?,41?/m1/s1. The lowest BCUT2D eigenvalue weighted by atomic mass is 9.85. The van der Waals surface area contributed by atoms with Crippen LogP contribution >= 0.6 is 7.82 Å². The highest BCUT2D eigenvalue weighted by molar-refractivity contribution is 7.47.